The fourth-order valence-corrected chi connectivity index (χ4v) is 2.55. The first-order valence-electron chi connectivity index (χ1n) is 7.63. The van der Waals surface area contributed by atoms with Gasteiger partial charge in [-0.3, -0.25) is 0 Å². The lowest BCUT2D eigenvalue weighted by atomic mass is 10.2. The number of aromatic nitrogens is 2. The molecule has 1 heterocycles. The molecule has 0 atom stereocenters. The van der Waals surface area contributed by atoms with Gasteiger partial charge in [-0.2, -0.15) is 10.4 Å². The van der Waals surface area contributed by atoms with Gasteiger partial charge < -0.3 is 4.74 Å². The first-order valence-corrected chi connectivity index (χ1v) is 7.63. The van der Waals surface area contributed by atoms with Crippen molar-refractivity contribution in [2.24, 2.45) is 0 Å². The van der Waals surface area contributed by atoms with Crippen molar-refractivity contribution in [3.63, 3.8) is 0 Å². The average molecular weight is 339 g/mol. The number of halogens is 2. The van der Waals surface area contributed by atoms with Crippen LogP contribution >= 0.6 is 0 Å². The molecule has 0 saturated carbocycles. The van der Waals surface area contributed by atoms with Crippen molar-refractivity contribution < 1.29 is 13.5 Å². The first-order chi connectivity index (χ1) is 12.0. The highest BCUT2D eigenvalue weighted by atomic mass is 19.1. The lowest BCUT2D eigenvalue weighted by Crippen LogP contribution is -2.02. The second-order valence-electron chi connectivity index (χ2n) is 5.58. The minimum Gasteiger partial charge on any atom is -0.486 e. The molecule has 0 fully saturated rings. The van der Waals surface area contributed by atoms with Gasteiger partial charge in [0.25, 0.3) is 0 Å². The van der Waals surface area contributed by atoms with Crippen LogP contribution in [0.3, 0.4) is 0 Å². The minimum atomic E-state index is -0.741. The molecule has 0 unspecified atom stereocenters. The van der Waals surface area contributed by atoms with E-state index in [1.165, 1.54) is 6.07 Å². The van der Waals surface area contributed by atoms with E-state index in [4.69, 9.17) is 10.00 Å². The van der Waals surface area contributed by atoms with Gasteiger partial charge in [-0.15, -0.1) is 0 Å². The summed E-state index contributed by atoms with van der Waals surface area (Å²) >= 11 is 0. The van der Waals surface area contributed by atoms with E-state index in [9.17, 15) is 8.78 Å². The maximum atomic E-state index is 13.7. The second kappa shape index (κ2) is 6.73. The molecule has 0 amide bonds. The fourth-order valence-electron chi connectivity index (χ4n) is 2.55. The summed E-state index contributed by atoms with van der Waals surface area (Å²) in [6, 6.07) is 12.3. The summed E-state index contributed by atoms with van der Waals surface area (Å²) < 4.78 is 33.9. The molecule has 4 nitrogen and oxygen atoms in total. The number of nitrogens with zero attached hydrogens (tertiary/aromatic N) is 3. The summed E-state index contributed by atoms with van der Waals surface area (Å²) in [4.78, 5) is 0. The van der Waals surface area contributed by atoms with Crippen molar-refractivity contribution in [3.8, 4) is 17.5 Å². The Hall–Kier alpha value is -3.20. The molecule has 0 saturated heterocycles. The molecule has 3 rings (SSSR count). The van der Waals surface area contributed by atoms with Crippen LogP contribution < -0.4 is 4.74 Å². The summed E-state index contributed by atoms with van der Waals surface area (Å²) in [5, 5.41) is 13.4. The maximum Gasteiger partial charge on any atom is 0.167 e. The topological polar surface area (TPSA) is 50.8 Å². The third kappa shape index (κ3) is 3.36. The lowest BCUT2D eigenvalue weighted by Gasteiger charge is -2.08. The molecular weight excluding hydrogens is 324 g/mol. The number of hydrogen-bond donors (Lipinski definition) is 0. The van der Waals surface area contributed by atoms with E-state index in [2.05, 4.69) is 11.2 Å². The number of hydrogen-bond acceptors (Lipinski definition) is 3. The quantitative estimate of drug-likeness (QED) is 0.715. The molecule has 0 aliphatic carbocycles. The maximum absolute atomic E-state index is 13.7. The van der Waals surface area contributed by atoms with Gasteiger partial charge in [0.1, 0.15) is 12.4 Å². The molecule has 0 radical (unpaired) electrons. The largest absolute Gasteiger partial charge is 0.486 e. The Bertz CT molecular complexity index is 956. The van der Waals surface area contributed by atoms with E-state index in [0.29, 0.717) is 5.56 Å². The molecule has 25 heavy (non-hydrogen) atoms. The highest BCUT2D eigenvalue weighted by molar-refractivity contribution is 5.41. The predicted molar refractivity (Wildman–Crippen MR) is 88.4 cm³/mol. The van der Waals surface area contributed by atoms with Gasteiger partial charge in [-0.25, -0.2) is 13.5 Å². The van der Waals surface area contributed by atoms with Gasteiger partial charge >= 0.3 is 0 Å². The monoisotopic (exact) mass is 339 g/mol. The van der Waals surface area contributed by atoms with Crippen LogP contribution in [0.15, 0.2) is 42.5 Å². The molecule has 126 valence electrons. The van der Waals surface area contributed by atoms with Crippen LogP contribution in [0.4, 0.5) is 8.78 Å². The van der Waals surface area contributed by atoms with Crippen LogP contribution in [-0.4, -0.2) is 9.78 Å². The molecule has 0 aliphatic rings. The average Bonchev–Trinajstić information content (AvgIpc) is 2.89. The summed E-state index contributed by atoms with van der Waals surface area (Å²) in [5.74, 6) is -1.40. The Morgan fingerprint density at radius 3 is 2.48 bits per heavy atom. The van der Waals surface area contributed by atoms with Crippen LogP contribution in [0.25, 0.3) is 5.69 Å². The van der Waals surface area contributed by atoms with Crippen molar-refractivity contribution >= 4 is 0 Å². The summed E-state index contributed by atoms with van der Waals surface area (Å²) in [6.45, 7) is 3.85. The smallest absolute Gasteiger partial charge is 0.167 e. The zero-order valence-corrected chi connectivity index (χ0v) is 13.8. The van der Waals surface area contributed by atoms with Gasteiger partial charge in [0, 0.05) is 17.3 Å². The predicted octanol–water partition coefficient (Wildman–Crippen LogP) is 4.22. The summed E-state index contributed by atoms with van der Waals surface area (Å²) in [7, 11) is 0. The van der Waals surface area contributed by atoms with E-state index < -0.39 is 11.6 Å². The van der Waals surface area contributed by atoms with Crippen LogP contribution in [-0.2, 0) is 6.61 Å². The van der Waals surface area contributed by atoms with Crippen molar-refractivity contribution in [2.45, 2.75) is 20.5 Å². The first kappa shape index (κ1) is 16.7. The molecular formula is C19H15F2N3O. The molecule has 0 spiro atoms. The third-order valence-electron chi connectivity index (χ3n) is 3.95. The molecule has 3 aromatic rings. The molecule has 0 aliphatic heterocycles. The van der Waals surface area contributed by atoms with Gasteiger partial charge in [0.2, 0.25) is 0 Å². The van der Waals surface area contributed by atoms with E-state index >= 15 is 0 Å². The van der Waals surface area contributed by atoms with E-state index in [0.717, 1.165) is 34.8 Å². The van der Waals surface area contributed by atoms with Crippen molar-refractivity contribution in [3.05, 3.63) is 76.6 Å². The molecule has 6 heteroatoms. The van der Waals surface area contributed by atoms with Gasteiger partial charge in [0.15, 0.2) is 11.6 Å². The Morgan fingerprint density at radius 2 is 1.84 bits per heavy atom. The van der Waals surface area contributed by atoms with Crippen molar-refractivity contribution in [1.29, 1.82) is 5.26 Å². The lowest BCUT2D eigenvalue weighted by molar-refractivity contribution is 0.288. The Morgan fingerprint density at radius 1 is 1.12 bits per heavy atom. The summed E-state index contributed by atoms with van der Waals surface area (Å²) in [5.41, 5.74) is 3.82. The van der Waals surface area contributed by atoms with Gasteiger partial charge in [-0.05, 0) is 50.2 Å². The highest BCUT2D eigenvalue weighted by Gasteiger charge is 2.14. The Labute approximate surface area is 143 Å². The second-order valence-corrected chi connectivity index (χ2v) is 5.58. The summed E-state index contributed by atoms with van der Waals surface area (Å²) in [6.07, 6.45) is 0. The standard InChI is InChI=1S/C19H15F2N3O/c1-12-17(11-25-19-8-5-15(20)9-18(19)21)13(2)24(23-12)16-6-3-14(10-22)4-7-16/h3-9H,11H2,1-2H3. The van der Waals surface area contributed by atoms with Gasteiger partial charge in [0.05, 0.1) is 23.0 Å². The number of rotatable bonds is 4. The van der Waals surface area contributed by atoms with E-state index in [1.54, 1.807) is 16.8 Å². The number of benzene rings is 2. The van der Waals surface area contributed by atoms with Crippen molar-refractivity contribution in [1.82, 2.24) is 9.78 Å². The molecule has 0 bridgehead atoms. The fraction of sp³-hybridized carbons (Fsp3) is 0.158. The van der Waals surface area contributed by atoms with Crippen LogP contribution in [0, 0.1) is 36.8 Å². The molecule has 1 aromatic heterocycles. The molecule has 2 aromatic carbocycles. The van der Waals surface area contributed by atoms with Crippen LogP contribution in [0.5, 0.6) is 5.75 Å². The van der Waals surface area contributed by atoms with Crippen LogP contribution in [0.1, 0.15) is 22.5 Å². The zero-order chi connectivity index (χ0) is 18.0. The number of aryl methyl sites for hydroxylation is 1. The Kier molecular flexibility index (Phi) is 4.48. The molecule has 0 N–H and O–H groups in total. The van der Waals surface area contributed by atoms with Crippen molar-refractivity contribution in [2.75, 3.05) is 0 Å². The van der Waals surface area contributed by atoms with Gasteiger partial charge in [-0.1, -0.05) is 0 Å². The number of nitriles is 1. The van der Waals surface area contributed by atoms with E-state index in [-0.39, 0.29) is 12.4 Å². The zero-order valence-electron chi connectivity index (χ0n) is 13.8. The Balaban J connectivity index is 1.85. The normalized spacial score (nSPS) is 10.5. The van der Waals surface area contributed by atoms with E-state index in [1.807, 2.05) is 26.0 Å². The van der Waals surface area contributed by atoms with Crippen LogP contribution in [0.2, 0.25) is 0 Å². The number of ether oxygens (including phenoxy) is 1. The third-order valence-corrected chi connectivity index (χ3v) is 3.95. The SMILES string of the molecule is Cc1nn(-c2ccc(C#N)cc2)c(C)c1COc1ccc(F)cc1F. The minimum absolute atomic E-state index is 0.00803. The highest BCUT2D eigenvalue weighted by Crippen LogP contribution is 2.23.